The van der Waals surface area contributed by atoms with Gasteiger partial charge >= 0.3 is 0 Å². The fourth-order valence-electron chi connectivity index (χ4n) is 1.91. The molecule has 1 saturated heterocycles. The number of carbonyl (C=O) groups is 2. The molecule has 20 heavy (non-hydrogen) atoms. The molecule has 7 heteroatoms. The Labute approximate surface area is 130 Å². The largest absolute Gasteiger partial charge is 0.378 e. The molecular weight excluding hydrogens is 344 g/mol. The van der Waals surface area contributed by atoms with Gasteiger partial charge in [-0.25, -0.2) is 0 Å². The molecule has 5 nitrogen and oxygen atoms in total. The van der Waals surface area contributed by atoms with E-state index >= 15 is 0 Å². The molecule has 1 aliphatic rings. The van der Waals surface area contributed by atoms with Crippen molar-refractivity contribution in [2.24, 2.45) is 0 Å². The van der Waals surface area contributed by atoms with Gasteiger partial charge in [0, 0.05) is 26.1 Å². The molecule has 2 rings (SSSR count). The standard InChI is InChI=1S/C13H17BrN2O3S/c1-9-8-10(20-12(9)14)13(18)15-3-2-11(17)16-4-6-19-7-5-16/h8H,2-7H2,1H3,(H,15,18). The van der Waals surface area contributed by atoms with E-state index < -0.39 is 0 Å². The van der Waals surface area contributed by atoms with Crippen LogP contribution >= 0.6 is 27.3 Å². The lowest BCUT2D eigenvalue weighted by Crippen LogP contribution is -2.41. The number of amides is 2. The highest BCUT2D eigenvalue weighted by Gasteiger charge is 2.17. The van der Waals surface area contributed by atoms with E-state index in [1.54, 1.807) is 4.90 Å². The molecule has 0 bridgehead atoms. The molecule has 0 aliphatic carbocycles. The van der Waals surface area contributed by atoms with Gasteiger partial charge in [-0.2, -0.15) is 0 Å². The number of ether oxygens (including phenoxy) is 1. The first-order valence-electron chi connectivity index (χ1n) is 6.47. The molecule has 0 radical (unpaired) electrons. The first-order chi connectivity index (χ1) is 9.58. The van der Waals surface area contributed by atoms with Crippen molar-refractivity contribution in [3.05, 3.63) is 20.3 Å². The lowest BCUT2D eigenvalue weighted by Gasteiger charge is -2.26. The van der Waals surface area contributed by atoms with Gasteiger partial charge in [-0.15, -0.1) is 11.3 Å². The second-order valence-corrected chi connectivity index (χ2v) is 6.94. The molecule has 1 N–H and O–H groups in total. The summed E-state index contributed by atoms with van der Waals surface area (Å²) in [6.45, 7) is 4.79. The summed E-state index contributed by atoms with van der Waals surface area (Å²) in [5.74, 6) is -0.0595. The van der Waals surface area contributed by atoms with E-state index in [4.69, 9.17) is 4.74 Å². The monoisotopic (exact) mass is 360 g/mol. The Balaban J connectivity index is 1.75. The predicted octanol–water partition coefficient (Wildman–Crippen LogP) is 1.80. The predicted molar refractivity (Wildman–Crippen MR) is 81.1 cm³/mol. The molecular formula is C13H17BrN2O3S. The van der Waals surface area contributed by atoms with Gasteiger partial charge < -0.3 is 15.0 Å². The zero-order valence-corrected chi connectivity index (χ0v) is 13.7. The molecule has 0 aromatic carbocycles. The fraction of sp³-hybridized carbons (Fsp3) is 0.538. The smallest absolute Gasteiger partial charge is 0.261 e. The minimum absolute atomic E-state index is 0.0668. The van der Waals surface area contributed by atoms with Crippen LogP contribution in [0.4, 0.5) is 0 Å². The van der Waals surface area contributed by atoms with E-state index in [0.717, 1.165) is 9.35 Å². The average Bonchev–Trinajstić information content (AvgIpc) is 2.79. The third-order valence-electron chi connectivity index (χ3n) is 3.07. The summed E-state index contributed by atoms with van der Waals surface area (Å²) in [5.41, 5.74) is 1.05. The van der Waals surface area contributed by atoms with Gasteiger partial charge in [-0.05, 0) is 34.5 Å². The zero-order valence-electron chi connectivity index (χ0n) is 11.3. The van der Waals surface area contributed by atoms with Gasteiger partial charge in [0.05, 0.1) is 21.9 Å². The van der Waals surface area contributed by atoms with Crippen molar-refractivity contribution in [1.82, 2.24) is 10.2 Å². The number of halogens is 1. The van der Waals surface area contributed by atoms with Gasteiger partial charge in [0.1, 0.15) is 0 Å². The fourth-order valence-corrected chi connectivity index (χ4v) is 3.36. The first kappa shape index (κ1) is 15.5. The zero-order chi connectivity index (χ0) is 14.5. The first-order valence-corrected chi connectivity index (χ1v) is 8.08. The van der Waals surface area contributed by atoms with Crippen LogP contribution in [0.3, 0.4) is 0 Å². The number of rotatable bonds is 4. The van der Waals surface area contributed by atoms with Crippen LogP contribution in [0.1, 0.15) is 21.7 Å². The number of aryl methyl sites for hydroxylation is 1. The summed E-state index contributed by atoms with van der Waals surface area (Å²) in [5, 5.41) is 2.78. The van der Waals surface area contributed by atoms with Crippen LogP contribution in [0.2, 0.25) is 0 Å². The number of nitrogens with one attached hydrogen (secondary N) is 1. The normalized spacial score (nSPS) is 15.2. The van der Waals surface area contributed by atoms with Gasteiger partial charge in [-0.1, -0.05) is 0 Å². The summed E-state index contributed by atoms with van der Waals surface area (Å²) in [6.07, 6.45) is 0.331. The van der Waals surface area contributed by atoms with Crippen molar-refractivity contribution < 1.29 is 14.3 Å². The Kier molecular flexibility index (Phi) is 5.56. The second-order valence-electron chi connectivity index (χ2n) is 4.57. The SMILES string of the molecule is Cc1cc(C(=O)NCCC(=O)N2CCOCC2)sc1Br. The molecule has 0 spiro atoms. The highest BCUT2D eigenvalue weighted by atomic mass is 79.9. The van der Waals surface area contributed by atoms with Gasteiger partial charge in [-0.3, -0.25) is 9.59 Å². The molecule has 1 aliphatic heterocycles. The maximum Gasteiger partial charge on any atom is 0.261 e. The van der Waals surface area contributed by atoms with Crippen LogP contribution in [-0.2, 0) is 9.53 Å². The van der Waals surface area contributed by atoms with Crippen LogP contribution in [0.15, 0.2) is 9.85 Å². The molecule has 2 amide bonds. The van der Waals surface area contributed by atoms with Crippen LogP contribution in [0.25, 0.3) is 0 Å². The van der Waals surface area contributed by atoms with Gasteiger partial charge in [0.15, 0.2) is 0 Å². The summed E-state index contributed by atoms with van der Waals surface area (Å²) in [6, 6.07) is 1.84. The number of hydrogen-bond donors (Lipinski definition) is 1. The van der Waals surface area contributed by atoms with Crippen molar-refractivity contribution in [2.45, 2.75) is 13.3 Å². The quantitative estimate of drug-likeness (QED) is 0.890. The summed E-state index contributed by atoms with van der Waals surface area (Å²) < 4.78 is 6.16. The van der Waals surface area contributed by atoms with Crippen LogP contribution in [0, 0.1) is 6.92 Å². The number of nitrogens with zero attached hydrogens (tertiary/aromatic N) is 1. The Morgan fingerprint density at radius 1 is 1.45 bits per heavy atom. The van der Waals surface area contributed by atoms with Crippen molar-refractivity contribution in [3.8, 4) is 0 Å². The molecule has 0 atom stereocenters. The molecule has 1 fully saturated rings. The Hall–Kier alpha value is -0.920. The molecule has 110 valence electrons. The minimum atomic E-state index is -0.126. The average molecular weight is 361 g/mol. The lowest BCUT2D eigenvalue weighted by molar-refractivity contribution is -0.135. The topological polar surface area (TPSA) is 58.6 Å². The Morgan fingerprint density at radius 2 is 2.15 bits per heavy atom. The van der Waals surface area contributed by atoms with Crippen LogP contribution in [-0.4, -0.2) is 49.6 Å². The van der Waals surface area contributed by atoms with E-state index in [0.29, 0.717) is 44.1 Å². The summed E-state index contributed by atoms with van der Waals surface area (Å²) in [4.78, 5) is 26.2. The van der Waals surface area contributed by atoms with E-state index in [1.165, 1.54) is 11.3 Å². The second kappa shape index (κ2) is 7.19. The van der Waals surface area contributed by atoms with Crippen LogP contribution < -0.4 is 5.32 Å². The number of hydrogen-bond acceptors (Lipinski definition) is 4. The van der Waals surface area contributed by atoms with E-state index in [1.807, 2.05) is 13.0 Å². The van der Waals surface area contributed by atoms with Gasteiger partial charge in [0.2, 0.25) is 5.91 Å². The van der Waals surface area contributed by atoms with Crippen molar-refractivity contribution in [2.75, 3.05) is 32.8 Å². The van der Waals surface area contributed by atoms with Gasteiger partial charge in [0.25, 0.3) is 5.91 Å². The van der Waals surface area contributed by atoms with Crippen molar-refractivity contribution in [1.29, 1.82) is 0 Å². The number of carbonyl (C=O) groups excluding carboxylic acids is 2. The van der Waals surface area contributed by atoms with Crippen LogP contribution in [0.5, 0.6) is 0 Å². The third kappa shape index (κ3) is 4.04. The molecule has 0 saturated carbocycles. The van der Waals surface area contributed by atoms with Crippen molar-refractivity contribution in [3.63, 3.8) is 0 Å². The third-order valence-corrected chi connectivity index (χ3v) is 5.20. The Bertz CT molecular complexity index is 478. The highest BCUT2D eigenvalue weighted by molar-refractivity contribution is 9.11. The molecule has 1 aromatic heterocycles. The summed E-state index contributed by atoms with van der Waals surface area (Å²) in [7, 11) is 0. The summed E-state index contributed by atoms with van der Waals surface area (Å²) >= 11 is 4.80. The lowest BCUT2D eigenvalue weighted by atomic mass is 10.3. The maximum atomic E-state index is 11.9. The number of morpholine rings is 1. The van der Waals surface area contributed by atoms with E-state index in [-0.39, 0.29) is 11.8 Å². The van der Waals surface area contributed by atoms with E-state index in [9.17, 15) is 9.59 Å². The highest BCUT2D eigenvalue weighted by Crippen LogP contribution is 2.27. The molecule has 2 heterocycles. The van der Waals surface area contributed by atoms with E-state index in [2.05, 4.69) is 21.2 Å². The number of thiophene rings is 1. The van der Waals surface area contributed by atoms with Crippen molar-refractivity contribution >= 4 is 39.1 Å². The maximum absolute atomic E-state index is 11.9. The molecule has 0 unspecified atom stereocenters. The molecule has 1 aromatic rings. The minimum Gasteiger partial charge on any atom is -0.378 e. The Morgan fingerprint density at radius 3 is 2.75 bits per heavy atom.